The molecule has 0 aliphatic rings. The molecule has 0 fully saturated rings. The van der Waals surface area contributed by atoms with Gasteiger partial charge in [-0.05, 0) is 31.0 Å². The molecule has 0 spiro atoms. The summed E-state index contributed by atoms with van der Waals surface area (Å²) in [5.74, 6) is 3.13. The molecule has 0 aliphatic carbocycles. The molecule has 1 atom stereocenters. The fraction of sp³-hybridized carbons (Fsp3) is 0.200. The Kier molecular flexibility index (Phi) is 4.42. The van der Waals surface area contributed by atoms with Gasteiger partial charge in [-0.3, -0.25) is 11.3 Å². The van der Waals surface area contributed by atoms with Crippen LogP contribution in [0.25, 0.3) is 0 Å². The van der Waals surface area contributed by atoms with E-state index in [1.165, 1.54) is 18.2 Å². The Morgan fingerprint density at radius 1 is 1.10 bits per heavy atom. The molecule has 0 saturated carbocycles. The van der Waals surface area contributed by atoms with E-state index in [2.05, 4.69) is 5.43 Å². The van der Waals surface area contributed by atoms with Crippen LogP contribution in [-0.4, -0.2) is 0 Å². The molecular formula is C15H15F3N2. The fourth-order valence-electron chi connectivity index (χ4n) is 2.11. The lowest BCUT2D eigenvalue weighted by Crippen LogP contribution is -2.30. The second kappa shape index (κ2) is 6.07. The zero-order valence-corrected chi connectivity index (χ0v) is 11.0. The molecule has 0 aliphatic heterocycles. The summed E-state index contributed by atoms with van der Waals surface area (Å²) in [6.07, 6.45) is 0.0560. The minimum atomic E-state index is -0.930. The lowest BCUT2D eigenvalue weighted by molar-refractivity contribution is 0.472. The fourth-order valence-corrected chi connectivity index (χ4v) is 2.11. The highest BCUT2D eigenvalue weighted by Gasteiger charge is 2.18. The van der Waals surface area contributed by atoms with Gasteiger partial charge in [0.1, 0.15) is 5.82 Å². The molecule has 3 N–H and O–H groups in total. The lowest BCUT2D eigenvalue weighted by Gasteiger charge is -2.18. The maximum absolute atomic E-state index is 13.8. The minimum Gasteiger partial charge on any atom is -0.271 e. The first-order valence-corrected chi connectivity index (χ1v) is 6.18. The van der Waals surface area contributed by atoms with Gasteiger partial charge in [-0.25, -0.2) is 13.2 Å². The van der Waals surface area contributed by atoms with E-state index in [4.69, 9.17) is 5.84 Å². The third kappa shape index (κ3) is 3.00. The summed E-state index contributed by atoms with van der Waals surface area (Å²) in [6.45, 7) is 1.82. The summed E-state index contributed by atoms with van der Waals surface area (Å²) in [6, 6.07) is 7.87. The van der Waals surface area contributed by atoms with Crippen LogP contribution in [0, 0.1) is 24.4 Å². The van der Waals surface area contributed by atoms with Gasteiger partial charge in [-0.15, -0.1) is 0 Å². The molecule has 20 heavy (non-hydrogen) atoms. The number of halogens is 3. The SMILES string of the molecule is Cc1ccc(F)c(C(Cc2cccc(F)c2F)NN)c1. The Morgan fingerprint density at radius 2 is 1.85 bits per heavy atom. The predicted molar refractivity (Wildman–Crippen MR) is 71.3 cm³/mol. The van der Waals surface area contributed by atoms with E-state index < -0.39 is 23.5 Å². The van der Waals surface area contributed by atoms with Crippen molar-refractivity contribution in [2.24, 2.45) is 5.84 Å². The van der Waals surface area contributed by atoms with Crippen molar-refractivity contribution in [2.45, 2.75) is 19.4 Å². The Balaban J connectivity index is 2.34. The summed E-state index contributed by atoms with van der Waals surface area (Å²) in [7, 11) is 0. The highest BCUT2D eigenvalue weighted by Crippen LogP contribution is 2.23. The predicted octanol–water partition coefficient (Wildman–Crippen LogP) is 3.16. The Labute approximate surface area is 115 Å². The summed E-state index contributed by atoms with van der Waals surface area (Å²) < 4.78 is 40.7. The largest absolute Gasteiger partial charge is 0.271 e. The quantitative estimate of drug-likeness (QED) is 0.667. The number of nitrogens with two attached hydrogens (primary N) is 1. The average Bonchev–Trinajstić information content (AvgIpc) is 2.43. The molecule has 0 aromatic heterocycles. The first kappa shape index (κ1) is 14.6. The summed E-state index contributed by atoms with van der Waals surface area (Å²) in [4.78, 5) is 0. The standard InChI is InChI=1S/C15H15F3N2/c1-9-5-6-12(16)11(7-9)14(20-19)8-10-3-2-4-13(17)15(10)18/h2-7,14,20H,8,19H2,1H3. The average molecular weight is 280 g/mol. The second-order valence-corrected chi connectivity index (χ2v) is 4.66. The number of nitrogens with one attached hydrogen (secondary N) is 1. The molecule has 0 saturated heterocycles. The number of hydrogen-bond donors (Lipinski definition) is 2. The van der Waals surface area contributed by atoms with E-state index in [1.54, 1.807) is 12.1 Å². The van der Waals surface area contributed by atoms with Crippen molar-refractivity contribution in [3.8, 4) is 0 Å². The molecule has 0 radical (unpaired) electrons. The van der Waals surface area contributed by atoms with Gasteiger partial charge in [0.2, 0.25) is 0 Å². The molecule has 1 unspecified atom stereocenters. The van der Waals surface area contributed by atoms with Crippen LogP contribution < -0.4 is 11.3 Å². The van der Waals surface area contributed by atoms with Gasteiger partial charge >= 0.3 is 0 Å². The first-order chi connectivity index (χ1) is 9.52. The molecule has 106 valence electrons. The van der Waals surface area contributed by atoms with Gasteiger partial charge in [0, 0.05) is 5.56 Å². The highest BCUT2D eigenvalue weighted by molar-refractivity contribution is 5.29. The molecule has 0 bridgehead atoms. The summed E-state index contributed by atoms with van der Waals surface area (Å²) in [5, 5.41) is 0. The number of hydrazine groups is 1. The maximum Gasteiger partial charge on any atom is 0.162 e. The number of benzene rings is 2. The number of rotatable bonds is 4. The smallest absolute Gasteiger partial charge is 0.162 e. The lowest BCUT2D eigenvalue weighted by atomic mass is 9.97. The van der Waals surface area contributed by atoms with E-state index in [9.17, 15) is 13.2 Å². The van der Waals surface area contributed by atoms with Crippen molar-refractivity contribution >= 4 is 0 Å². The van der Waals surface area contributed by atoms with Crippen molar-refractivity contribution < 1.29 is 13.2 Å². The second-order valence-electron chi connectivity index (χ2n) is 4.66. The highest BCUT2D eigenvalue weighted by atomic mass is 19.2. The molecular weight excluding hydrogens is 265 g/mol. The van der Waals surface area contributed by atoms with Crippen LogP contribution in [0.2, 0.25) is 0 Å². The van der Waals surface area contributed by atoms with Crippen molar-refractivity contribution in [1.29, 1.82) is 0 Å². The zero-order chi connectivity index (χ0) is 14.7. The van der Waals surface area contributed by atoms with Crippen molar-refractivity contribution in [3.63, 3.8) is 0 Å². The Morgan fingerprint density at radius 3 is 2.55 bits per heavy atom. The molecule has 2 aromatic rings. The normalized spacial score (nSPS) is 12.4. The van der Waals surface area contributed by atoms with Crippen LogP contribution in [0.5, 0.6) is 0 Å². The van der Waals surface area contributed by atoms with Gasteiger partial charge in [0.05, 0.1) is 6.04 Å². The van der Waals surface area contributed by atoms with Crippen molar-refractivity contribution in [3.05, 3.63) is 70.5 Å². The van der Waals surface area contributed by atoms with Crippen LogP contribution in [0.3, 0.4) is 0 Å². The van der Waals surface area contributed by atoms with Crippen molar-refractivity contribution in [1.82, 2.24) is 5.43 Å². The molecule has 2 nitrogen and oxygen atoms in total. The third-order valence-corrected chi connectivity index (χ3v) is 3.18. The molecule has 0 heterocycles. The maximum atomic E-state index is 13.8. The summed E-state index contributed by atoms with van der Waals surface area (Å²) >= 11 is 0. The van der Waals surface area contributed by atoms with E-state index in [0.29, 0.717) is 5.56 Å². The van der Waals surface area contributed by atoms with E-state index in [0.717, 1.165) is 11.6 Å². The molecule has 0 amide bonds. The number of aryl methyl sites for hydroxylation is 1. The van der Waals surface area contributed by atoms with Crippen LogP contribution in [0.15, 0.2) is 36.4 Å². The number of hydrogen-bond acceptors (Lipinski definition) is 2. The Bertz CT molecular complexity index is 614. The van der Waals surface area contributed by atoms with Gasteiger partial charge in [-0.1, -0.05) is 29.8 Å². The zero-order valence-electron chi connectivity index (χ0n) is 11.0. The van der Waals surface area contributed by atoms with E-state index in [-0.39, 0.29) is 12.0 Å². The van der Waals surface area contributed by atoms with Crippen LogP contribution in [0.4, 0.5) is 13.2 Å². The molecule has 5 heteroatoms. The van der Waals surface area contributed by atoms with Crippen LogP contribution >= 0.6 is 0 Å². The monoisotopic (exact) mass is 280 g/mol. The van der Waals surface area contributed by atoms with Crippen molar-refractivity contribution in [2.75, 3.05) is 0 Å². The van der Waals surface area contributed by atoms with Crippen LogP contribution in [0.1, 0.15) is 22.7 Å². The Hall–Kier alpha value is -1.85. The minimum absolute atomic E-state index is 0.0560. The topological polar surface area (TPSA) is 38.0 Å². The third-order valence-electron chi connectivity index (χ3n) is 3.18. The van der Waals surface area contributed by atoms with Gasteiger partial charge in [0.25, 0.3) is 0 Å². The van der Waals surface area contributed by atoms with E-state index in [1.807, 2.05) is 6.92 Å². The van der Waals surface area contributed by atoms with Gasteiger partial charge in [-0.2, -0.15) is 0 Å². The van der Waals surface area contributed by atoms with Crippen LogP contribution in [-0.2, 0) is 6.42 Å². The van der Waals surface area contributed by atoms with Gasteiger partial charge in [0.15, 0.2) is 11.6 Å². The van der Waals surface area contributed by atoms with Gasteiger partial charge < -0.3 is 0 Å². The van der Waals surface area contributed by atoms with E-state index >= 15 is 0 Å². The molecule has 2 rings (SSSR count). The molecule has 2 aromatic carbocycles. The summed E-state index contributed by atoms with van der Waals surface area (Å²) in [5.41, 5.74) is 3.79. The first-order valence-electron chi connectivity index (χ1n) is 6.18.